The summed E-state index contributed by atoms with van der Waals surface area (Å²) in [6, 6.07) is 39.7. The molecule has 0 aliphatic rings. The third kappa shape index (κ3) is 2.32. The minimum atomic E-state index is 1.27. The van der Waals surface area contributed by atoms with Crippen LogP contribution >= 0.6 is 0 Å². The van der Waals surface area contributed by atoms with Crippen LogP contribution in [0.5, 0.6) is 0 Å². The van der Waals surface area contributed by atoms with Crippen LogP contribution < -0.4 is 0 Å². The molecule has 6 rings (SSSR count). The van der Waals surface area contributed by atoms with Gasteiger partial charge in [-0.15, -0.1) is 0 Å². The topological polar surface area (TPSA) is 0 Å². The standard InChI is InChI=1S/C28H18/c1-2-8-21-18-28-24(16-20(21)7-1)13-12-22-17-23(14-15-27(22)28)26-11-5-9-19-6-3-4-10-25(19)26/h1-18H. The van der Waals surface area contributed by atoms with Crippen LogP contribution in [-0.4, -0.2) is 0 Å². The molecule has 0 heteroatoms. The van der Waals surface area contributed by atoms with Crippen molar-refractivity contribution in [2.75, 3.05) is 0 Å². The van der Waals surface area contributed by atoms with Gasteiger partial charge in [0.25, 0.3) is 0 Å². The molecular weight excluding hydrogens is 336 g/mol. The van der Waals surface area contributed by atoms with Crippen LogP contribution in [0.1, 0.15) is 0 Å². The van der Waals surface area contributed by atoms with Gasteiger partial charge in [-0.2, -0.15) is 0 Å². The van der Waals surface area contributed by atoms with Crippen molar-refractivity contribution >= 4 is 43.1 Å². The van der Waals surface area contributed by atoms with E-state index in [2.05, 4.69) is 109 Å². The Morgan fingerprint density at radius 3 is 1.86 bits per heavy atom. The normalized spacial score (nSPS) is 11.6. The first-order valence-corrected chi connectivity index (χ1v) is 9.70. The summed E-state index contributed by atoms with van der Waals surface area (Å²) in [7, 11) is 0. The summed E-state index contributed by atoms with van der Waals surface area (Å²) in [6.07, 6.45) is 0. The molecule has 0 radical (unpaired) electrons. The maximum Gasteiger partial charge on any atom is -0.00990 e. The summed E-state index contributed by atoms with van der Waals surface area (Å²) in [6.45, 7) is 0. The molecule has 0 amide bonds. The van der Waals surface area contributed by atoms with Crippen molar-refractivity contribution < 1.29 is 0 Å². The second kappa shape index (κ2) is 5.94. The maximum atomic E-state index is 2.33. The molecule has 0 saturated carbocycles. The fourth-order valence-corrected chi connectivity index (χ4v) is 4.40. The zero-order valence-corrected chi connectivity index (χ0v) is 15.4. The van der Waals surface area contributed by atoms with E-state index >= 15 is 0 Å². The molecule has 0 fully saturated rings. The van der Waals surface area contributed by atoms with Crippen molar-refractivity contribution in [3.05, 3.63) is 109 Å². The predicted molar refractivity (Wildman–Crippen MR) is 122 cm³/mol. The largest absolute Gasteiger partial charge is 0.0616 e. The molecule has 6 aromatic carbocycles. The molecule has 6 aromatic rings. The van der Waals surface area contributed by atoms with E-state index in [1.807, 2.05) is 0 Å². The van der Waals surface area contributed by atoms with Crippen molar-refractivity contribution in [2.24, 2.45) is 0 Å². The molecule has 28 heavy (non-hydrogen) atoms. The lowest BCUT2D eigenvalue weighted by Gasteiger charge is -2.10. The lowest BCUT2D eigenvalue weighted by atomic mass is 9.93. The highest BCUT2D eigenvalue weighted by atomic mass is 14.1. The lowest BCUT2D eigenvalue weighted by Crippen LogP contribution is -1.84. The van der Waals surface area contributed by atoms with Gasteiger partial charge in [-0.25, -0.2) is 0 Å². The molecule has 0 aliphatic heterocycles. The first kappa shape index (κ1) is 15.4. The highest BCUT2D eigenvalue weighted by molar-refractivity contribution is 6.13. The van der Waals surface area contributed by atoms with E-state index in [0.29, 0.717) is 0 Å². The Bertz CT molecular complexity index is 1500. The second-order valence-corrected chi connectivity index (χ2v) is 7.45. The fourth-order valence-electron chi connectivity index (χ4n) is 4.40. The Morgan fingerprint density at radius 1 is 0.321 bits per heavy atom. The Morgan fingerprint density at radius 2 is 1.00 bits per heavy atom. The summed E-state index contributed by atoms with van der Waals surface area (Å²) in [4.78, 5) is 0. The third-order valence-corrected chi connectivity index (χ3v) is 5.80. The van der Waals surface area contributed by atoms with Crippen molar-refractivity contribution in [3.63, 3.8) is 0 Å². The minimum Gasteiger partial charge on any atom is -0.0616 e. The molecule has 0 aromatic heterocycles. The summed E-state index contributed by atoms with van der Waals surface area (Å²) in [5.74, 6) is 0. The number of fused-ring (bicyclic) bond motifs is 5. The molecule has 0 atom stereocenters. The summed E-state index contributed by atoms with van der Waals surface area (Å²) in [5, 5.41) is 10.4. The second-order valence-electron chi connectivity index (χ2n) is 7.45. The van der Waals surface area contributed by atoms with Gasteiger partial charge in [-0.3, -0.25) is 0 Å². The van der Waals surface area contributed by atoms with Gasteiger partial charge >= 0.3 is 0 Å². The molecule has 0 N–H and O–H groups in total. The van der Waals surface area contributed by atoms with Crippen LogP contribution in [0.3, 0.4) is 0 Å². The molecule has 0 bridgehead atoms. The van der Waals surface area contributed by atoms with Crippen LogP contribution in [-0.2, 0) is 0 Å². The number of hydrogen-bond donors (Lipinski definition) is 0. The Hall–Kier alpha value is -3.64. The molecule has 0 heterocycles. The van der Waals surface area contributed by atoms with E-state index in [-0.39, 0.29) is 0 Å². The Labute approximate surface area is 163 Å². The first-order chi connectivity index (χ1) is 13.9. The van der Waals surface area contributed by atoms with Crippen LogP contribution in [0.4, 0.5) is 0 Å². The quantitative estimate of drug-likeness (QED) is 0.207. The van der Waals surface area contributed by atoms with Crippen molar-refractivity contribution in [2.45, 2.75) is 0 Å². The van der Waals surface area contributed by atoms with E-state index in [0.717, 1.165) is 0 Å². The van der Waals surface area contributed by atoms with Crippen molar-refractivity contribution in [1.29, 1.82) is 0 Å². The highest BCUT2D eigenvalue weighted by Crippen LogP contribution is 2.34. The van der Waals surface area contributed by atoms with Crippen LogP contribution in [0, 0.1) is 0 Å². The van der Waals surface area contributed by atoms with Crippen LogP contribution in [0.25, 0.3) is 54.2 Å². The van der Waals surface area contributed by atoms with E-state index < -0.39 is 0 Å². The highest BCUT2D eigenvalue weighted by Gasteiger charge is 2.07. The average molecular weight is 354 g/mol. The van der Waals surface area contributed by atoms with Gasteiger partial charge in [0.05, 0.1) is 0 Å². The van der Waals surface area contributed by atoms with Gasteiger partial charge in [0.2, 0.25) is 0 Å². The summed E-state index contributed by atoms with van der Waals surface area (Å²) in [5.41, 5.74) is 2.56. The number of benzene rings is 6. The first-order valence-electron chi connectivity index (χ1n) is 9.70. The van der Waals surface area contributed by atoms with E-state index in [9.17, 15) is 0 Å². The minimum absolute atomic E-state index is 1.27. The molecule has 0 aliphatic carbocycles. The average Bonchev–Trinajstić information content (AvgIpc) is 2.77. The van der Waals surface area contributed by atoms with Crippen molar-refractivity contribution in [1.82, 2.24) is 0 Å². The molecule has 130 valence electrons. The van der Waals surface area contributed by atoms with E-state index in [1.165, 1.54) is 54.2 Å². The van der Waals surface area contributed by atoms with E-state index in [1.54, 1.807) is 0 Å². The SMILES string of the molecule is c1ccc2cc3c(ccc4cc(-c5cccc6ccccc56)ccc43)cc2c1. The molecule has 0 saturated heterocycles. The zero-order valence-electron chi connectivity index (χ0n) is 15.4. The maximum absolute atomic E-state index is 2.33. The summed E-state index contributed by atoms with van der Waals surface area (Å²) < 4.78 is 0. The Kier molecular flexibility index (Phi) is 3.27. The third-order valence-electron chi connectivity index (χ3n) is 5.80. The van der Waals surface area contributed by atoms with Gasteiger partial charge < -0.3 is 0 Å². The monoisotopic (exact) mass is 354 g/mol. The van der Waals surface area contributed by atoms with E-state index in [4.69, 9.17) is 0 Å². The molecule has 0 spiro atoms. The van der Waals surface area contributed by atoms with Crippen molar-refractivity contribution in [3.8, 4) is 11.1 Å². The zero-order chi connectivity index (χ0) is 18.5. The Balaban J connectivity index is 1.62. The smallest absolute Gasteiger partial charge is 0.00990 e. The lowest BCUT2D eigenvalue weighted by molar-refractivity contribution is 1.69. The van der Waals surface area contributed by atoms with Gasteiger partial charge in [0, 0.05) is 0 Å². The molecule has 0 nitrogen and oxygen atoms in total. The summed E-state index contributed by atoms with van der Waals surface area (Å²) >= 11 is 0. The van der Waals surface area contributed by atoms with Crippen LogP contribution in [0.2, 0.25) is 0 Å². The van der Waals surface area contributed by atoms with Gasteiger partial charge in [0.1, 0.15) is 0 Å². The predicted octanol–water partition coefficient (Wildman–Crippen LogP) is 7.97. The fraction of sp³-hybridized carbons (Fsp3) is 0. The number of hydrogen-bond acceptors (Lipinski definition) is 0. The molecule has 0 unspecified atom stereocenters. The number of rotatable bonds is 1. The van der Waals surface area contributed by atoms with Crippen LogP contribution in [0.15, 0.2) is 109 Å². The van der Waals surface area contributed by atoms with Gasteiger partial charge in [0.15, 0.2) is 0 Å². The van der Waals surface area contributed by atoms with Gasteiger partial charge in [-0.1, -0.05) is 91.0 Å². The van der Waals surface area contributed by atoms with Gasteiger partial charge in [-0.05, 0) is 72.4 Å². The molecular formula is C28H18.